The van der Waals surface area contributed by atoms with Gasteiger partial charge in [-0.05, 0) is 31.2 Å². The maximum absolute atomic E-state index is 12.6. The summed E-state index contributed by atoms with van der Waals surface area (Å²) in [5, 5.41) is 36.2. The Bertz CT molecular complexity index is 1500. The Balaban J connectivity index is 1.31. The first-order chi connectivity index (χ1) is 18.0. The number of nitrogens with zero attached hydrogens (tertiary/aromatic N) is 9. The molecule has 0 saturated heterocycles. The van der Waals surface area contributed by atoms with Gasteiger partial charge in [-0.25, -0.2) is 15.0 Å². The molecule has 1 amide bonds. The number of rotatable bonds is 7. The van der Waals surface area contributed by atoms with E-state index in [1.807, 2.05) is 0 Å². The van der Waals surface area contributed by atoms with Gasteiger partial charge in [0, 0.05) is 31.9 Å². The highest BCUT2D eigenvalue weighted by Gasteiger charge is 2.75. The third-order valence-electron chi connectivity index (χ3n) is 7.80. The predicted octanol–water partition coefficient (Wildman–Crippen LogP) is -0.285. The second-order valence-electron chi connectivity index (χ2n) is 10.00. The second kappa shape index (κ2) is 7.98. The van der Waals surface area contributed by atoms with Gasteiger partial charge in [-0.2, -0.15) is 14.6 Å². The van der Waals surface area contributed by atoms with Gasteiger partial charge < -0.3 is 25.4 Å². The van der Waals surface area contributed by atoms with Gasteiger partial charge in [0.25, 0.3) is 5.95 Å². The minimum Gasteiger partial charge on any atom is -0.389 e. The zero-order valence-corrected chi connectivity index (χ0v) is 19.9. The molecule has 14 nitrogen and oxygen atoms in total. The first kappa shape index (κ1) is 22.2. The summed E-state index contributed by atoms with van der Waals surface area (Å²) >= 11 is 0. The van der Waals surface area contributed by atoms with E-state index in [4.69, 9.17) is 4.98 Å². The van der Waals surface area contributed by atoms with Crippen LogP contribution in [0.5, 0.6) is 0 Å². The normalized spacial score (nSPS) is 28.3. The van der Waals surface area contributed by atoms with E-state index in [1.165, 1.54) is 24.6 Å². The average molecular weight is 504 g/mol. The summed E-state index contributed by atoms with van der Waals surface area (Å²) in [5.41, 5.74) is 0.463. The van der Waals surface area contributed by atoms with Crippen LogP contribution in [0.4, 0.5) is 5.82 Å². The topological polar surface area (TPSA) is 182 Å². The lowest BCUT2D eigenvalue weighted by molar-refractivity contribution is -0.132. The lowest BCUT2D eigenvalue weighted by atomic mass is 9.98. The van der Waals surface area contributed by atoms with Crippen molar-refractivity contribution in [2.24, 2.45) is 17.3 Å². The Labute approximate surface area is 210 Å². The third kappa shape index (κ3) is 3.32. The molecule has 4 aromatic heterocycles. The van der Waals surface area contributed by atoms with Crippen molar-refractivity contribution in [2.45, 2.75) is 37.5 Å². The van der Waals surface area contributed by atoms with Crippen molar-refractivity contribution in [3.05, 3.63) is 31.0 Å². The summed E-state index contributed by atoms with van der Waals surface area (Å²) in [7, 11) is 1.54. The van der Waals surface area contributed by atoms with Crippen molar-refractivity contribution in [3.8, 4) is 17.5 Å². The van der Waals surface area contributed by atoms with Crippen LogP contribution in [-0.2, 0) is 4.79 Å². The smallest absolute Gasteiger partial charge is 0.256 e. The first-order valence-electron chi connectivity index (χ1n) is 12.3. The fourth-order valence-corrected chi connectivity index (χ4v) is 5.59. The van der Waals surface area contributed by atoms with Gasteiger partial charge in [-0.15, -0.1) is 5.10 Å². The highest BCUT2D eigenvalue weighted by molar-refractivity contribution is 5.88. The van der Waals surface area contributed by atoms with Crippen LogP contribution in [0.1, 0.15) is 25.3 Å². The fraction of sp³-hybridized carbons (Fsp3) is 0.478. The minimum atomic E-state index is -1.18. The zero-order chi connectivity index (χ0) is 25.3. The van der Waals surface area contributed by atoms with Crippen LogP contribution >= 0.6 is 0 Å². The van der Waals surface area contributed by atoms with E-state index >= 15 is 0 Å². The van der Waals surface area contributed by atoms with E-state index in [-0.39, 0.29) is 17.8 Å². The van der Waals surface area contributed by atoms with E-state index in [0.29, 0.717) is 40.8 Å². The Hall–Kier alpha value is -4.04. The van der Waals surface area contributed by atoms with Gasteiger partial charge in [0.05, 0.1) is 30.1 Å². The van der Waals surface area contributed by atoms with Gasteiger partial charge in [-0.3, -0.25) is 4.79 Å². The molecule has 7 rings (SSSR count). The molecule has 3 saturated carbocycles. The number of hydrogen-bond donors (Lipinski definition) is 4. The van der Waals surface area contributed by atoms with Crippen LogP contribution in [-0.4, -0.2) is 86.4 Å². The summed E-state index contributed by atoms with van der Waals surface area (Å²) in [6.07, 6.45) is 6.97. The molecule has 14 heteroatoms. The lowest BCUT2D eigenvalue weighted by Gasteiger charge is -2.23. The molecule has 3 aliphatic carbocycles. The quantitative estimate of drug-likeness (QED) is 0.260. The molecule has 5 unspecified atom stereocenters. The van der Waals surface area contributed by atoms with Crippen LogP contribution in [0.15, 0.2) is 31.0 Å². The molecule has 190 valence electrons. The van der Waals surface area contributed by atoms with E-state index in [9.17, 15) is 15.0 Å². The van der Waals surface area contributed by atoms with Crippen molar-refractivity contribution in [3.63, 3.8) is 0 Å². The van der Waals surface area contributed by atoms with Crippen molar-refractivity contribution in [2.75, 3.05) is 18.9 Å². The molecule has 4 aromatic rings. The number of aromatic nitrogens is 9. The molecule has 0 aromatic carbocycles. The van der Waals surface area contributed by atoms with E-state index in [0.717, 1.165) is 6.54 Å². The molecule has 37 heavy (non-hydrogen) atoms. The number of amides is 1. The van der Waals surface area contributed by atoms with Gasteiger partial charge in [0.15, 0.2) is 28.5 Å². The number of carbonyl (C=O) groups excluding carboxylic acids is 1. The van der Waals surface area contributed by atoms with Crippen molar-refractivity contribution < 1.29 is 15.0 Å². The van der Waals surface area contributed by atoms with Crippen LogP contribution in [0.2, 0.25) is 0 Å². The first-order valence-corrected chi connectivity index (χ1v) is 12.3. The molecule has 0 spiro atoms. The average Bonchev–Trinajstić information content (AvgIpc) is 3.77. The highest BCUT2D eigenvalue weighted by atomic mass is 16.3. The molecule has 5 atom stereocenters. The monoisotopic (exact) mass is 503 g/mol. The number of aliphatic hydroxyl groups excluding tert-OH is 2. The summed E-state index contributed by atoms with van der Waals surface area (Å²) in [6.45, 7) is 0.756. The Kier molecular flexibility index (Phi) is 4.78. The van der Waals surface area contributed by atoms with Crippen molar-refractivity contribution in [1.29, 1.82) is 0 Å². The number of carbonyl (C=O) groups is 1. The molecular formula is C23H25N11O3. The molecule has 0 bridgehead atoms. The summed E-state index contributed by atoms with van der Waals surface area (Å²) in [6, 6.07) is 1.15. The number of nitrogens with one attached hydrogen (secondary N) is 2. The van der Waals surface area contributed by atoms with Crippen molar-refractivity contribution >= 4 is 22.9 Å². The van der Waals surface area contributed by atoms with Crippen LogP contribution < -0.4 is 10.6 Å². The maximum atomic E-state index is 12.6. The van der Waals surface area contributed by atoms with Gasteiger partial charge in [-0.1, -0.05) is 5.21 Å². The Morgan fingerprint density at radius 1 is 1.19 bits per heavy atom. The molecule has 0 radical (unpaired) electrons. The highest BCUT2D eigenvalue weighted by Crippen LogP contribution is 2.67. The van der Waals surface area contributed by atoms with Gasteiger partial charge in [0.1, 0.15) is 6.10 Å². The van der Waals surface area contributed by atoms with E-state index in [1.54, 1.807) is 35.6 Å². The SMILES string of the molecule is CNC(=O)C12CC1C(n1cnc3c(NCC4CC4)nc(-n4cc(-c5ncccn5)nn4)nc31)C(O)C2O. The van der Waals surface area contributed by atoms with Crippen LogP contribution in [0.25, 0.3) is 28.6 Å². The molecule has 3 aliphatic rings. The maximum Gasteiger partial charge on any atom is 0.256 e. The largest absolute Gasteiger partial charge is 0.389 e. The second-order valence-corrected chi connectivity index (χ2v) is 10.00. The van der Waals surface area contributed by atoms with Crippen LogP contribution in [0, 0.1) is 17.3 Å². The Morgan fingerprint density at radius 2 is 2.00 bits per heavy atom. The molecule has 4 N–H and O–H groups in total. The third-order valence-corrected chi connectivity index (χ3v) is 7.80. The number of hydrogen-bond acceptors (Lipinski definition) is 11. The van der Waals surface area contributed by atoms with E-state index < -0.39 is 23.7 Å². The standard InChI is InChI=1S/C23H25N11O3/c1-24-21(37)23-7-12(23)15(16(35)17(23)36)33-10-28-14-19(27-8-11-3-4-11)29-22(30-20(14)33)34-9-13(31-32-34)18-25-5-2-6-26-18/h2,5-6,9-12,15-17,35-36H,3-4,7-8H2,1H3,(H,24,37)(H,27,29,30). The molecule has 3 fully saturated rings. The zero-order valence-electron chi connectivity index (χ0n) is 19.9. The molecule has 0 aliphatic heterocycles. The number of anilines is 1. The number of imidazole rings is 1. The summed E-state index contributed by atoms with van der Waals surface area (Å²) in [4.78, 5) is 35.0. The summed E-state index contributed by atoms with van der Waals surface area (Å²) < 4.78 is 3.19. The predicted molar refractivity (Wildman–Crippen MR) is 128 cm³/mol. The number of fused-ring (bicyclic) bond motifs is 2. The molecular weight excluding hydrogens is 478 g/mol. The molecule has 4 heterocycles. The van der Waals surface area contributed by atoms with Gasteiger partial charge >= 0.3 is 0 Å². The van der Waals surface area contributed by atoms with Crippen molar-refractivity contribution in [1.82, 2.24) is 49.8 Å². The summed E-state index contributed by atoms with van der Waals surface area (Å²) in [5.74, 6) is 1.30. The lowest BCUT2D eigenvalue weighted by Crippen LogP contribution is -2.41. The minimum absolute atomic E-state index is 0.246. The Morgan fingerprint density at radius 3 is 2.76 bits per heavy atom. The fourth-order valence-electron chi connectivity index (χ4n) is 5.59. The van der Waals surface area contributed by atoms with Gasteiger partial charge in [0.2, 0.25) is 5.91 Å². The number of aliphatic hydroxyl groups is 2. The van der Waals surface area contributed by atoms with Crippen LogP contribution in [0.3, 0.4) is 0 Å². The van der Waals surface area contributed by atoms with E-state index in [2.05, 4.69) is 40.9 Å².